The average Bonchev–Trinajstić information content (AvgIpc) is 2.65. The number of methoxy groups -OCH3 is 1. The third-order valence-corrected chi connectivity index (χ3v) is 4.41. The van der Waals surface area contributed by atoms with Gasteiger partial charge >= 0.3 is 0 Å². The summed E-state index contributed by atoms with van der Waals surface area (Å²) in [5.41, 5.74) is 1.12. The summed E-state index contributed by atoms with van der Waals surface area (Å²) < 4.78 is 23.9. The number of hydrogen-bond donors (Lipinski definition) is 1. The van der Waals surface area contributed by atoms with E-state index < -0.39 is 0 Å². The van der Waals surface area contributed by atoms with Crippen LogP contribution in [0.1, 0.15) is 24.8 Å². The van der Waals surface area contributed by atoms with Gasteiger partial charge in [0.1, 0.15) is 5.82 Å². The van der Waals surface area contributed by atoms with Gasteiger partial charge in [-0.1, -0.05) is 12.1 Å². The molecule has 140 valence electrons. The minimum atomic E-state index is -0.195. The van der Waals surface area contributed by atoms with Gasteiger partial charge in [-0.3, -0.25) is 4.99 Å². The van der Waals surface area contributed by atoms with Crippen LogP contribution in [0.2, 0.25) is 0 Å². The average molecular weight is 351 g/mol. The Morgan fingerprint density at radius 3 is 2.60 bits per heavy atom. The summed E-state index contributed by atoms with van der Waals surface area (Å²) in [5.74, 6) is 0.736. The van der Waals surface area contributed by atoms with E-state index in [1.54, 1.807) is 7.11 Å². The van der Waals surface area contributed by atoms with Crippen LogP contribution in [0, 0.1) is 5.82 Å². The highest BCUT2D eigenvalue weighted by atomic mass is 19.1. The van der Waals surface area contributed by atoms with Crippen LogP contribution in [-0.2, 0) is 15.9 Å². The van der Waals surface area contributed by atoms with Gasteiger partial charge in [-0.2, -0.15) is 0 Å². The Morgan fingerprint density at radius 1 is 1.24 bits per heavy atom. The van der Waals surface area contributed by atoms with E-state index in [4.69, 9.17) is 9.47 Å². The maximum Gasteiger partial charge on any atom is 0.193 e. The highest BCUT2D eigenvalue weighted by Crippen LogP contribution is 2.14. The van der Waals surface area contributed by atoms with Gasteiger partial charge < -0.3 is 19.7 Å². The summed E-state index contributed by atoms with van der Waals surface area (Å²) in [6, 6.07) is 6.65. The quantitative estimate of drug-likeness (QED) is 0.444. The summed E-state index contributed by atoms with van der Waals surface area (Å²) in [5, 5.41) is 3.40. The fourth-order valence-corrected chi connectivity index (χ4v) is 2.99. The third-order valence-electron chi connectivity index (χ3n) is 4.41. The van der Waals surface area contributed by atoms with Crippen molar-refractivity contribution in [1.82, 2.24) is 10.2 Å². The van der Waals surface area contributed by atoms with Gasteiger partial charge in [-0.25, -0.2) is 4.39 Å². The zero-order valence-corrected chi connectivity index (χ0v) is 15.3. The molecular formula is C19H30FN3O2. The van der Waals surface area contributed by atoms with Gasteiger partial charge in [-0.05, 0) is 43.4 Å². The van der Waals surface area contributed by atoms with Crippen molar-refractivity contribution in [3.63, 3.8) is 0 Å². The van der Waals surface area contributed by atoms with Gasteiger partial charge in [-0.15, -0.1) is 0 Å². The fraction of sp³-hybridized carbons (Fsp3) is 0.632. The van der Waals surface area contributed by atoms with Crippen molar-refractivity contribution in [3.05, 3.63) is 35.6 Å². The molecule has 0 saturated carbocycles. The molecule has 0 atom stereocenters. The first kappa shape index (κ1) is 19.7. The van der Waals surface area contributed by atoms with Gasteiger partial charge in [0.25, 0.3) is 0 Å². The van der Waals surface area contributed by atoms with Crippen molar-refractivity contribution in [3.8, 4) is 0 Å². The van der Waals surface area contributed by atoms with Crippen LogP contribution < -0.4 is 5.32 Å². The Morgan fingerprint density at radius 2 is 1.96 bits per heavy atom. The maximum atomic E-state index is 12.9. The number of ether oxygens (including phenoxy) is 2. The summed E-state index contributed by atoms with van der Waals surface area (Å²) in [4.78, 5) is 6.66. The standard InChI is InChI=1S/C19H30FN3O2/c1-21-19(22-11-8-16-4-6-17(20)7-5-16)23-12-9-18(10-13-23)25-15-3-14-24-2/h4-7,18H,3,8-15H2,1-2H3,(H,21,22). The molecule has 1 aliphatic heterocycles. The third kappa shape index (κ3) is 7.00. The molecule has 1 heterocycles. The second-order valence-electron chi connectivity index (χ2n) is 6.25. The molecule has 1 aromatic carbocycles. The molecule has 1 N–H and O–H groups in total. The zero-order chi connectivity index (χ0) is 17.9. The topological polar surface area (TPSA) is 46.1 Å². The number of nitrogens with one attached hydrogen (secondary N) is 1. The first-order valence-electron chi connectivity index (χ1n) is 9.03. The van der Waals surface area contributed by atoms with Gasteiger partial charge in [0.05, 0.1) is 6.10 Å². The van der Waals surface area contributed by atoms with E-state index in [1.807, 2.05) is 19.2 Å². The first-order valence-corrected chi connectivity index (χ1v) is 9.03. The Labute approximate surface area is 150 Å². The SMILES string of the molecule is CN=C(NCCc1ccc(F)cc1)N1CCC(OCCCOC)CC1. The number of halogens is 1. The van der Waals surface area contributed by atoms with Gasteiger partial charge in [0, 0.05) is 47.0 Å². The summed E-state index contributed by atoms with van der Waals surface area (Å²) in [7, 11) is 3.53. The van der Waals surface area contributed by atoms with E-state index in [9.17, 15) is 4.39 Å². The van der Waals surface area contributed by atoms with E-state index in [2.05, 4.69) is 15.2 Å². The smallest absolute Gasteiger partial charge is 0.193 e. The number of hydrogen-bond acceptors (Lipinski definition) is 3. The lowest BCUT2D eigenvalue weighted by Crippen LogP contribution is -2.47. The monoisotopic (exact) mass is 351 g/mol. The number of rotatable bonds is 8. The van der Waals surface area contributed by atoms with Crippen LogP contribution in [0.5, 0.6) is 0 Å². The molecule has 0 bridgehead atoms. The summed E-state index contributed by atoms with van der Waals surface area (Å²) >= 11 is 0. The molecule has 0 aromatic heterocycles. The molecule has 25 heavy (non-hydrogen) atoms. The van der Waals surface area contributed by atoms with E-state index >= 15 is 0 Å². The molecule has 0 aliphatic carbocycles. The Balaban J connectivity index is 1.66. The number of nitrogens with zero attached hydrogens (tertiary/aromatic N) is 2. The van der Waals surface area contributed by atoms with E-state index in [0.29, 0.717) is 6.10 Å². The van der Waals surface area contributed by atoms with Crippen molar-refractivity contribution in [2.45, 2.75) is 31.8 Å². The predicted molar refractivity (Wildman–Crippen MR) is 98.5 cm³/mol. The van der Waals surface area contributed by atoms with Gasteiger partial charge in [0.15, 0.2) is 5.96 Å². The van der Waals surface area contributed by atoms with Crippen molar-refractivity contribution in [2.24, 2.45) is 4.99 Å². The number of likely N-dealkylation sites (tertiary alicyclic amines) is 1. The Bertz CT molecular complexity index is 514. The minimum absolute atomic E-state index is 0.195. The van der Waals surface area contributed by atoms with Crippen LogP contribution >= 0.6 is 0 Å². The molecule has 1 aliphatic rings. The van der Waals surface area contributed by atoms with Crippen LogP contribution in [0.25, 0.3) is 0 Å². The Kier molecular flexibility index (Phi) is 8.69. The second-order valence-corrected chi connectivity index (χ2v) is 6.25. The molecule has 0 radical (unpaired) electrons. The van der Waals surface area contributed by atoms with E-state index in [-0.39, 0.29) is 5.82 Å². The molecular weight excluding hydrogens is 321 g/mol. The van der Waals surface area contributed by atoms with E-state index in [1.165, 1.54) is 12.1 Å². The van der Waals surface area contributed by atoms with Crippen molar-refractivity contribution >= 4 is 5.96 Å². The molecule has 1 aromatic rings. The lowest BCUT2D eigenvalue weighted by molar-refractivity contribution is 0.00992. The Hall–Kier alpha value is -1.66. The normalized spacial score (nSPS) is 16.3. The molecule has 6 heteroatoms. The second kappa shape index (κ2) is 11.1. The summed E-state index contributed by atoms with van der Waals surface area (Å²) in [6.45, 7) is 4.20. The number of piperidine rings is 1. The number of aliphatic imine (C=N–C) groups is 1. The summed E-state index contributed by atoms with van der Waals surface area (Å²) in [6.07, 6.45) is 4.17. The van der Waals surface area contributed by atoms with E-state index in [0.717, 1.165) is 70.1 Å². The number of benzene rings is 1. The highest BCUT2D eigenvalue weighted by molar-refractivity contribution is 5.79. The molecule has 0 spiro atoms. The first-order chi connectivity index (χ1) is 12.2. The maximum absolute atomic E-state index is 12.9. The molecule has 5 nitrogen and oxygen atoms in total. The molecule has 1 fully saturated rings. The van der Waals surface area contributed by atoms with Crippen LogP contribution in [0.4, 0.5) is 4.39 Å². The van der Waals surface area contributed by atoms with Crippen LogP contribution in [0.3, 0.4) is 0 Å². The van der Waals surface area contributed by atoms with Crippen LogP contribution in [0.15, 0.2) is 29.3 Å². The largest absolute Gasteiger partial charge is 0.385 e. The predicted octanol–water partition coefficient (Wildman–Crippen LogP) is 2.46. The molecule has 0 unspecified atom stereocenters. The molecule has 0 amide bonds. The van der Waals surface area contributed by atoms with Crippen molar-refractivity contribution < 1.29 is 13.9 Å². The number of guanidine groups is 1. The lowest BCUT2D eigenvalue weighted by atomic mass is 10.1. The van der Waals surface area contributed by atoms with Gasteiger partial charge in [0.2, 0.25) is 0 Å². The zero-order valence-electron chi connectivity index (χ0n) is 15.3. The lowest BCUT2D eigenvalue weighted by Gasteiger charge is -2.34. The molecule has 1 saturated heterocycles. The van der Waals surface area contributed by atoms with Crippen LogP contribution in [-0.4, -0.2) is 64.0 Å². The minimum Gasteiger partial charge on any atom is -0.385 e. The fourth-order valence-electron chi connectivity index (χ4n) is 2.99. The van der Waals surface area contributed by atoms with Crippen molar-refractivity contribution in [1.29, 1.82) is 0 Å². The van der Waals surface area contributed by atoms with Crippen molar-refractivity contribution in [2.75, 3.05) is 47.0 Å². The molecule has 2 rings (SSSR count). The highest BCUT2D eigenvalue weighted by Gasteiger charge is 2.21.